The fourth-order valence-electron chi connectivity index (χ4n) is 2.12. The van der Waals surface area contributed by atoms with E-state index in [4.69, 9.17) is 5.11 Å². The van der Waals surface area contributed by atoms with E-state index in [9.17, 15) is 14.7 Å². The number of amides is 1. The van der Waals surface area contributed by atoms with Crippen LogP contribution in [0.15, 0.2) is 5.38 Å². The van der Waals surface area contributed by atoms with E-state index >= 15 is 0 Å². The maximum absolute atomic E-state index is 12.0. The van der Waals surface area contributed by atoms with Gasteiger partial charge in [0, 0.05) is 24.1 Å². The van der Waals surface area contributed by atoms with Crippen molar-refractivity contribution in [1.82, 2.24) is 9.88 Å². The molecule has 1 aliphatic rings. The van der Waals surface area contributed by atoms with Crippen LogP contribution >= 0.6 is 23.1 Å². The predicted molar refractivity (Wildman–Crippen MR) is 76.8 cm³/mol. The van der Waals surface area contributed by atoms with Gasteiger partial charge in [0.05, 0.1) is 22.6 Å². The molecule has 1 aromatic heterocycles. The summed E-state index contributed by atoms with van der Waals surface area (Å²) in [5.74, 6) is -0.474. The third-order valence-corrected chi connectivity index (χ3v) is 4.80. The van der Waals surface area contributed by atoms with Crippen molar-refractivity contribution in [3.05, 3.63) is 16.1 Å². The molecule has 6 nitrogen and oxygen atoms in total. The largest absolute Gasteiger partial charge is 0.480 e. The molecule has 0 bridgehead atoms. The van der Waals surface area contributed by atoms with Gasteiger partial charge in [0.15, 0.2) is 0 Å². The number of thioether (sulfide) groups is 1. The van der Waals surface area contributed by atoms with Crippen molar-refractivity contribution in [3.8, 4) is 0 Å². The third kappa shape index (κ3) is 3.71. The van der Waals surface area contributed by atoms with E-state index in [-0.39, 0.29) is 24.6 Å². The van der Waals surface area contributed by atoms with Gasteiger partial charge in [0.25, 0.3) is 0 Å². The minimum absolute atomic E-state index is 0.103. The van der Waals surface area contributed by atoms with Crippen molar-refractivity contribution in [2.45, 2.75) is 31.2 Å². The van der Waals surface area contributed by atoms with Crippen LogP contribution in [0.3, 0.4) is 0 Å². The normalized spacial score (nSPS) is 22.2. The number of carbonyl (C=O) groups is 2. The molecule has 0 radical (unpaired) electrons. The Hall–Kier alpha value is -1.12. The summed E-state index contributed by atoms with van der Waals surface area (Å²) < 4.78 is 0. The van der Waals surface area contributed by atoms with Crippen molar-refractivity contribution >= 4 is 35.0 Å². The van der Waals surface area contributed by atoms with Gasteiger partial charge >= 0.3 is 5.97 Å². The van der Waals surface area contributed by atoms with Crippen molar-refractivity contribution in [3.63, 3.8) is 0 Å². The zero-order valence-corrected chi connectivity index (χ0v) is 12.6. The lowest BCUT2D eigenvalue weighted by atomic mass is 10.2. The first kappa shape index (κ1) is 15.3. The molecular weight excluding hydrogens is 300 g/mol. The Morgan fingerprint density at radius 2 is 2.35 bits per heavy atom. The summed E-state index contributed by atoms with van der Waals surface area (Å²) in [4.78, 5) is 28.6. The minimum atomic E-state index is -1.06. The van der Waals surface area contributed by atoms with E-state index in [0.717, 1.165) is 10.7 Å². The number of aliphatic hydroxyl groups excluding tert-OH is 1. The molecular formula is C12H16N2O4S2. The number of carboxylic acid groups (broad SMARTS) is 1. The van der Waals surface area contributed by atoms with Crippen molar-refractivity contribution in [2.75, 3.05) is 12.3 Å². The Morgan fingerprint density at radius 3 is 2.95 bits per heavy atom. The maximum atomic E-state index is 12.0. The Labute approximate surface area is 124 Å². The van der Waals surface area contributed by atoms with Gasteiger partial charge in [-0.25, -0.2) is 9.78 Å². The highest BCUT2D eigenvalue weighted by Crippen LogP contribution is 2.21. The van der Waals surface area contributed by atoms with Crippen LogP contribution in [0.5, 0.6) is 0 Å². The summed E-state index contributed by atoms with van der Waals surface area (Å²) in [7, 11) is 0. The number of hydrogen-bond donors (Lipinski definition) is 2. The number of aliphatic carboxylic acids is 1. The van der Waals surface area contributed by atoms with Crippen LogP contribution in [0.4, 0.5) is 0 Å². The van der Waals surface area contributed by atoms with E-state index in [2.05, 4.69) is 4.98 Å². The van der Waals surface area contributed by atoms with Gasteiger partial charge in [0.1, 0.15) is 6.04 Å². The highest BCUT2D eigenvalue weighted by atomic mass is 32.2. The fraction of sp³-hybridized carbons (Fsp3) is 0.583. The molecule has 0 aromatic carbocycles. The number of hydrogen-bond acceptors (Lipinski definition) is 6. The lowest BCUT2D eigenvalue weighted by molar-refractivity contribution is -0.147. The first-order chi connectivity index (χ1) is 9.47. The number of aromatic nitrogens is 1. The highest BCUT2D eigenvalue weighted by Gasteiger charge is 2.38. The zero-order chi connectivity index (χ0) is 14.7. The molecule has 0 spiro atoms. The summed E-state index contributed by atoms with van der Waals surface area (Å²) in [5, 5.41) is 21.5. The summed E-state index contributed by atoms with van der Waals surface area (Å²) in [6, 6.07) is -0.903. The third-order valence-electron chi connectivity index (χ3n) is 3.03. The second-order valence-electron chi connectivity index (χ2n) is 4.64. The molecule has 2 heterocycles. The lowest BCUT2D eigenvalue weighted by Crippen LogP contribution is -2.41. The molecule has 0 unspecified atom stereocenters. The van der Waals surface area contributed by atoms with Crippen molar-refractivity contribution in [1.29, 1.82) is 0 Å². The van der Waals surface area contributed by atoms with E-state index in [1.807, 2.05) is 12.3 Å². The van der Waals surface area contributed by atoms with Crippen LogP contribution in [0.2, 0.25) is 0 Å². The van der Waals surface area contributed by atoms with E-state index < -0.39 is 18.1 Å². The minimum Gasteiger partial charge on any atom is -0.480 e. The first-order valence-electron chi connectivity index (χ1n) is 6.16. The highest BCUT2D eigenvalue weighted by molar-refractivity contribution is 7.99. The van der Waals surface area contributed by atoms with E-state index in [0.29, 0.717) is 5.75 Å². The van der Waals surface area contributed by atoms with Crippen LogP contribution in [-0.4, -0.2) is 56.4 Å². The summed E-state index contributed by atoms with van der Waals surface area (Å²) in [6.45, 7) is 2.03. The Bertz CT molecular complexity index is 505. The standard InChI is InChI=1S/C12H16N2O4S2/c1-7-13-8(5-20-7)4-19-6-11(16)14-3-9(15)2-10(14)12(17)18/h5,9-10,15H,2-4,6H2,1H3,(H,17,18)/t9-,10-/m1/s1. The number of carboxylic acids is 1. The van der Waals surface area contributed by atoms with Crippen LogP contribution in [-0.2, 0) is 15.3 Å². The smallest absolute Gasteiger partial charge is 0.326 e. The molecule has 2 rings (SSSR count). The number of likely N-dealkylation sites (tertiary alicyclic amines) is 1. The second kappa shape index (κ2) is 6.55. The number of thiazole rings is 1. The molecule has 2 N–H and O–H groups in total. The van der Waals surface area contributed by atoms with Gasteiger partial charge in [0.2, 0.25) is 5.91 Å². The lowest BCUT2D eigenvalue weighted by Gasteiger charge is -2.20. The van der Waals surface area contributed by atoms with Crippen LogP contribution in [0, 0.1) is 6.92 Å². The Kier molecular flexibility index (Phi) is 5.00. The van der Waals surface area contributed by atoms with Crippen LogP contribution in [0.25, 0.3) is 0 Å². The van der Waals surface area contributed by atoms with E-state index in [1.54, 1.807) is 11.3 Å². The Morgan fingerprint density at radius 1 is 1.60 bits per heavy atom. The fourth-order valence-corrected chi connectivity index (χ4v) is 3.64. The van der Waals surface area contributed by atoms with Crippen molar-refractivity contribution in [2.24, 2.45) is 0 Å². The molecule has 20 heavy (non-hydrogen) atoms. The quantitative estimate of drug-likeness (QED) is 0.832. The molecule has 1 saturated heterocycles. The topological polar surface area (TPSA) is 90.7 Å². The summed E-state index contributed by atoms with van der Waals surface area (Å²) >= 11 is 2.97. The second-order valence-corrected chi connectivity index (χ2v) is 6.69. The molecule has 110 valence electrons. The number of aryl methyl sites for hydroxylation is 1. The molecule has 2 atom stereocenters. The molecule has 1 aromatic rings. The average Bonchev–Trinajstić information content (AvgIpc) is 2.95. The number of aliphatic hydroxyl groups is 1. The van der Waals surface area contributed by atoms with Crippen LogP contribution in [0.1, 0.15) is 17.1 Å². The first-order valence-corrected chi connectivity index (χ1v) is 8.20. The predicted octanol–water partition coefficient (Wildman–Crippen LogP) is 0.731. The zero-order valence-electron chi connectivity index (χ0n) is 11.0. The SMILES string of the molecule is Cc1nc(CSCC(=O)N2C[C@H](O)C[C@@H]2C(=O)O)cs1. The summed E-state index contributed by atoms with van der Waals surface area (Å²) in [6.07, 6.45) is -0.636. The molecule has 1 fully saturated rings. The molecule has 0 aliphatic carbocycles. The van der Waals surface area contributed by atoms with Gasteiger partial charge in [-0.05, 0) is 6.92 Å². The number of β-amino-alcohol motifs (C(OH)–C–C–N with tert-alkyl or cyclic N) is 1. The van der Waals surface area contributed by atoms with Gasteiger partial charge in [-0.15, -0.1) is 23.1 Å². The van der Waals surface area contributed by atoms with Crippen LogP contribution < -0.4 is 0 Å². The number of carbonyl (C=O) groups excluding carboxylic acids is 1. The van der Waals surface area contributed by atoms with Gasteiger partial charge in [-0.1, -0.05) is 0 Å². The van der Waals surface area contributed by atoms with Gasteiger partial charge in [-0.2, -0.15) is 0 Å². The maximum Gasteiger partial charge on any atom is 0.326 e. The van der Waals surface area contributed by atoms with Gasteiger partial charge in [-0.3, -0.25) is 4.79 Å². The summed E-state index contributed by atoms with van der Waals surface area (Å²) in [5.41, 5.74) is 0.932. The van der Waals surface area contributed by atoms with Crippen molar-refractivity contribution < 1.29 is 19.8 Å². The molecule has 8 heteroatoms. The number of rotatable bonds is 5. The molecule has 1 aliphatic heterocycles. The molecule has 1 amide bonds. The number of nitrogens with zero attached hydrogens (tertiary/aromatic N) is 2. The monoisotopic (exact) mass is 316 g/mol. The van der Waals surface area contributed by atoms with E-state index in [1.165, 1.54) is 16.7 Å². The molecule has 0 saturated carbocycles. The average molecular weight is 316 g/mol. The Balaban J connectivity index is 1.83. The van der Waals surface area contributed by atoms with Gasteiger partial charge < -0.3 is 15.1 Å².